The minimum atomic E-state index is -0.255. The van der Waals surface area contributed by atoms with E-state index >= 15 is 0 Å². The Labute approximate surface area is 159 Å². The molecular formula is C19H31FN4O3+2. The number of halogens is 1. The number of hydrogen-bond donors (Lipinski definition) is 4. The van der Waals surface area contributed by atoms with Gasteiger partial charge in [-0.15, -0.1) is 0 Å². The molecule has 2 rings (SSSR count). The van der Waals surface area contributed by atoms with Crippen LogP contribution in [0.3, 0.4) is 0 Å². The fourth-order valence-corrected chi connectivity index (χ4v) is 3.26. The van der Waals surface area contributed by atoms with Gasteiger partial charge in [0.15, 0.2) is 6.54 Å². The molecule has 1 heterocycles. The van der Waals surface area contributed by atoms with Crippen LogP contribution >= 0.6 is 0 Å². The largest absolute Gasteiger partial charge is 0.496 e. The minimum absolute atomic E-state index is 0.0306. The normalized spacial score (nSPS) is 19.4. The van der Waals surface area contributed by atoms with Crippen molar-refractivity contribution in [3.05, 3.63) is 29.6 Å². The van der Waals surface area contributed by atoms with Crippen LogP contribution in [0.5, 0.6) is 5.75 Å². The van der Waals surface area contributed by atoms with E-state index < -0.39 is 0 Å². The lowest BCUT2D eigenvalue weighted by Crippen LogP contribution is -3.28. The van der Waals surface area contributed by atoms with Gasteiger partial charge in [0.05, 0.1) is 19.2 Å². The molecule has 7 nitrogen and oxygen atoms in total. The van der Waals surface area contributed by atoms with Crippen molar-refractivity contribution in [2.75, 3.05) is 52.9 Å². The Hall–Kier alpha value is -2.19. The molecule has 1 aromatic rings. The number of hydrogen-bond acceptors (Lipinski definition) is 3. The van der Waals surface area contributed by atoms with Crippen molar-refractivity contribution in [2.45, 2.75) is 19.9 Å². The molecule has 0 aliphatic carbocycles. The molecule has 4 N–H and O–H groups in total. The third-order valence-electron chi connectivity index (χ3n) is 4.78. The molecule has 8 heteroatoms. The van der Waals surface area contributed by atoms with E-state index in [0.29, 0.717) is 25.4 Å². The lowest BCUT2D eigenvalue weighted by atomic mass is 10.1. The average Bonchev–Trinajstić information content (AvgIpc) is 2.66. The average molecular weight is 382 g/mol. The second-order valence-corrected chi connectivity index (χ2v) is 6.94. The van der Waals surface area contributed by atoms with Gasteiger partial charge in [-0.25, -0.2) is 4.39 Å². The van der Waals surface area contributed by atoms with E-state index in [1.165, 1.54) is 21.9 Å². The second kappa shape index (κ2) is 10.8. The molecule has 0 aromatic heterocycles. The Morgan fingerprint density at radius 3 is 2.48 bits per heavy atom. The number of piperazine rings is 1. The fraction of sp³-hybridized carbons (Fsp3) is 0.579. The highest BCUT2D eigenvalue weighted by Crippen LogP contribution is 2.18. The summed E-state index contributed by atoms with van der Waals surface area (Å²) in [4.78, 5) is 26.1. The first-order valence-corrected chi connectivity index (χ1v) is 9.54. The Morgan fingerprint density at radius 1 is 1.11 bits per heavy atom. The smallest absolute Gasteiger partial charge is 0.275 e. The van der Waals surface area contributed by atoms with Crippen molar-refractivity contribution in [1.29, 1.82) is 0 Å². The number of methoxy groups -OCH3 is 1. The van der Waals surface area contributed by atoms with Crippen molar-refractivity contribution >= 4 is 11.8 Å². The van der Waals surface area contributed by atoms with Crippen LogP contribution in [0.4, 0.5) is 4.39 Å². The number of carbonyl (C=O) groups is 2. The Morgan fingerprint density at radius 2 is 1.81 bits per heavy atom. The van der Waals surface area contributed by atoms with Crippen LogP contribution in [0.1, 0.15) is 18.9 Å². The summed E-state index contributed by atoms with van der Waals surface area (Å²) in [6, 6.07) is 4.59. The molecule has 150 valence electrons. The van der Waals surface area contributed by atoms with Crippen molar-refractivity contribution in [2.24, 2.45) is 0 Å². The molecule has 0 bridgehead atoms. The van der Waals surface area contributed by atoms with Crippen molar-refractivity contribution in [3.8, 4) is 5.75 Å². The molecule has 0 saturated carbocycles. The van der Waals surface area contributed by atoms with Crippen LogP contribution in [0.2, 0.25) is 0 Å². The van der Waals surface area contributed by atoms with E-state index in [9.17, 15) is 14.0 Å². The van der Waals surface area contributed by atoms with E-state index in [0.717, 1.165) is 38.2 Å². The first kappa shape index (κ1) is 21.1. The van der Waals surface area contributed by atoms with Gasteiger partial charge in [0, 0.05) is 6.54 Å². The predicted molar refractivity (Wildman–Crippen MR) is 99.2 cm³/mol. The van der Waals surface area contributed by atoms with Crippen LogP contribution in [0.25, 0.3) is 0 Å². The maximum Gasteiger partial charge on any atom is 0.275 e. The van der Waals surface area contributed by atoms with Crippen LogP contribution in [0, 0.1) is 5.82 Å². The summed E-state index contributed by atoms with van der Waals surface area (Å²) in [6.07, 6.45) is 0.873. The summed E-state index contributed by atoms with van der Waals surface area (Å²) in [5.74, 6) is 0.193. The molecule has 1 aromatic carbocycles. The maximum atomic E-state index is 13.5. The number of rotatable bonds is 9. The quantitative estimate of drug-likeness (QED) is 0.390. The van der Waals surface area contributed by atoms with E-state index in [4.69, 9.17) is 4.74 Å². The summed E-state index contributed by atoms with van der Waals surface area (Å²) in [5, 5.41) is 5.41. The molecule has 1 aliphatic heterocycles. The second-order valence-electron chi connectivity index (χ2n) is 6.94. The third-order valence-corrected chi connectivity index (χ3v) is 4.78. The Balaban J connectivity index is 1.71. The third kappa shape index (κ3) is 7.15. The van der Waals surface area contributed by atoms with Crippen molar-refractivity contribution in [3.63, 3.8) is 0 Å². The molecule has 2 amide bonds. The maximum absolute atomic E-state index is 13.5. The fourth-order valence-electron chi connectivity index (χ4n) is 3.26. The summed E-state index contributed by atoms with van der Waals surface area (Å²) in [7, 11) is 1.59. The van der Waals surface area contributed by atoms with E-state index in [1.54, 1.807) is 13.2 Å². The van der Waals surface area contributed by atoms with Gasteiger partial charge in [0.25, 0.3) is 5.91 Å². The zero-order valence-electron chi connectivity index (χ0n) is 16.2. The molecule has 0 unspecified atom stereocenters. The number of nitrogens with one attached hydrogen (secondary N) is 4. The first-order valence-electron chi connectivity index (χ1n) is 9.54. The van der Waals surface area contributed by atoms with Gasteiger partial charge in [-0.05, 0) is 24.6 Å². The summed E-state index contributed by atoms with van der Waals surface area (Å²) >= 11 is 0. The van der Waals surface area contributed by atoms with Crippen molar-refractivity contribution < 1.29 is 28.5 Å². The van der Waals surface area contributed by atoms with Crippen LogP contribution in [-0.4, -0.2) is 64.7 Å². The summed E-state index contributed by atoms with van der Waals surface area (Å²) in [5.41, 5.74) is 0.867. The van der Waals surface area contributed by atoms with Gasteiger partial charge >= 0.3 is 0 Å². The van der Waals surface area contributed by atoms with Crippen LogP contribution in [-0.2, 0) is 16.1 Å². The molecule has 0 radical (unpaired) electrons. The zero-order chi connectivity index (χ0) is 19.6. The molecular weight excluding hydrogens is 351 g/mol. The molecule has 27 heavy (non-hydrogen) atoms. The number of ether oxygens (including phenoxy) is 1. The first-order chi connectivity index (χ1) is 13.0. The lowest BCUT2D eigenvalue weighted by Gasteiger charge is -2.29. The van der Waals surface area contributed by atoms with E-state index in [2.05, 4.69) is 10.6 Å². The molecule has 0 atom stereocenters. The number of quaternary nitrogens is 2. The summed E-state index contributed by atoms with van der Waals surface area (Å²) < 4.78 is 18.8. The predicted octanol–water partition coefficient (Wildman–Crippen LogP) is -2.24. The SMILES string of the molecule is CCCNC(=O)CNC(=O)C[NH+]1CC[NH+](Cc2cc(F)ccc2OC)CC1. The highest BCUT2D eigenvalue weighted by molar-refractivity contribution is 5.84. The number of amides is 2. The molecule has 1 fully saturated rings. The van der Waals surface area contributed by atoms with Gasteiger partial charge < -0.3 is 25.2 Å². The number of benzene rings is 1. The van der Waals surface area contributed by atoms with E-state index in [1.807, 2.05) is 6.92 Å². The highest BCUT2D eigenvalue weighted by atomic mass is 19.1. The van der Waals surface area contributed by atoms with Crippen molar-refractivity contribution in [1.82, 2.24) is 10.6 Å². The molecule has 0 spiro atoms. The Kier molecular flexibility index (Phi) is 8.47. The van der Waals surface area contributed by atoms with Crippen LogP contribution in [0.15, 0.2) is 18.2 Å². The topological polar surface area (TPSA) is 76.3 Å². The highest BCUT2D eigenvalue weighted by Gasteiger charge is 2.25. The standard InChI is InChI=1S/C19H29FN4O3/c1-3-6-21-18(25)12-22-19(26)14-24-9-7-23(8-10-24)13-15-11-16(20)4-5-17(15)27-2/h4-5,11H,3,6-10,12-14H2,1-2H3,(H,21,25)(H,22,26)/p+2. The van der Waals surface area contributed by atoms with Gasteiger partial charge in [-0.3, -0.25) is 9.59 Å². The van der Waals surface area contributed by atoms with Gasteiger partial charge in [-0.1, -0.05) is 6.92 Å². The lowest BCUT2D eigenvalue weighted by molar-refractivity contribution is -1.02. The van der Waals surface area contributed by atoms with E-state index in [-0.39, 0.29) is 24.2 Å². The molecule has 1 aliphatic rings. The van der Waals surface area contributed by atoms with Gasteiger partial charge in [0.1, 0.15) is 44.3 Å². The van der Waals surface area contributed by atoms with Gasteiger partial charge in [0.2, 0.25) is 5.91 Å². The van der Waals surface area contributed by atoms with Gasteiger partial charge in [-0.2, -0.15) is 0 Å². The minimum Gasteiger partial charge on any atom is -0.496 e. The zero-order valence-corrected chi connectivity index (χ0v) is 16.2. The Bertz CT molecular complexity index is 633. The van der Waals surface area contributed by atoms with Crippen LogP contribution < -0.4 is 25.2 Å². The number of carbonyl (C=O) groups excluding carboxylic acids is 2. The monoisotopic (exact) mass is 382 g/mol. The molecule has 1 saturated heterocycles. The summed E-state index contributed by atoms with van der Waals surface area (Å²) in [6.45, 7) is 7.25.